The largest absolute Gasteiger partial charge is 0.488 e. The number of carbonyl (C=O) groups is 2. The summed E-state index contributed by atoms with van der Waals surface area (Å²) in [5.74, 6) is 0.0202. The molecule has 0 bridgehead atoms. The van der Waals surface area contributed by atoms with Crippen LogP contribution in [0.15, 0.2) is 77.7 Å². The third kappa shape index (κ3) is 4.98. The highest BCUT2D eigenvalue weighted by atomic mass is 32.2. The third-order valence-corrected chi connectivity index (χ3v) is 5.97. The van der Waals surface area contributed by atoms with Crippen LogP contribution in [0.25, 0.3) is 6.08 Å². The van der Waals surface area contributed by atoms with Crippen molar-refractivity contribution in [2.24, 2.45) is 0 Å². The van der Waals surface area contributed by atoms with Gasteiger partial charge in [0.2, 0.25) is 0 Å². The fourth-order valence-electron chi connectivity index (χ4n) is 3.37. The second-order valence-electron chi connectivity index (χ2n) is 7.29. The Hall–Kier alpha value is -4.42. The number of benzene rings is 3. The number of imide groups is 1. The molecular weight excluding hydrogens is 454 g/mol. The number of thioether (sulfide) groups is 1. The SMILES string of the molecule is N#Cc1ccccc1CN1C(=O)S/C(=C/c2ccccc2OCc2cccc([N+](=O)[O-])c2)C1=O. The van der Waals surface area contributed by atoms with Crippen LogP contribution in [-0.2, 0) is 17.9 Å². The van der Waals surface area contributed by atoms with E-state index in [0.29, 0.717) is 28.0 Å². The quantitative estimate of drug-likeness (QED) is 0.262. The average molecular weight is 471 g/mol. The molecule has 0 unspecified atom stereocenters. The van der Waals surface area contributed by atoms with Crippen LogP contribution in [0, 0.1) is 21.4 Å². The second-order valence-corrected chi connectivity index (χ2v) is 8.28. The summed E-state index contributed by atoms with van der Waals surface area (Å²) in [5.41, 5.74) is 2.19. The number of ether oxygens (including phenoxy) is 1. The molecule has 3 aromatic carbocycles. The Morgan fingerprint density at radius 1 is 1.06 bits per heavy atom. The molecule has 0 radical (unpaired) electrons. The normalized spacial score (nSPS) is 14.3. The first-order valence-corrected chi connectivity index (χ1v) is 11.0. The van der Waals surface area contributed by atoms with Gasteiger partial charge in [0.25, 0.3) is 16.8 Å². The van der Waals surface area contributed by atoms with Gasteiger partial charge in [-0.2, -0.15) is 5.26 Å². The lowest BCUT2D eigenvalue weighted by Crippen LogP contribution is -2.27. The first-order chi connectivity index (χ1) is 16.5. The Bertz CT molecular complexity index is 1360. The van der Waals surface area contributed by atoms with E-state index in [0.717, 1.165) is 16.7 Å². The van der Waals surface area contributed by atoms with Gasteiger partial charge in [-0.3, -0.25) is 24.6 Å². The summed E-state index contributed by atoms with van der Waals surface area (Å²) in [5, 5.41) is 19.8. The van der Waals surface area contributed by atoms with E-state index < -0.39 is 16.1 Å². The molecule has 1 aliphatic rings. The molecule has 1 aliphatic heterocycles. The molecule has 3 aromatic rings. The van der Waals surface area contributed by atoms with Gasteiger partial charge in [-0.05, 0) is 41.1 Å². The van der Waals surface area contributed by atoms with Crippen molar-refractivity contribution >= 4 is 34.7 Å². The summed E-state index contributed by atoms with van der Waals surface area (Å²) in [6.07, 6.45) is 1.59. The predicted octanol–water partition coefficient (Wildman–Crippen LogP) is 5.28. The van der Waals surface area contributed by atoms with Gasteiger partial charge in [0, 0.05) is 17.7 Å². The Morgan fingerprint density at radius 3 is 2.62 bits per heavy atom. The summed E-state index contributed by atoms with van der Waals surface area (Å²) in [6.45, 7) is 0.107. The van der Waals surface area contributed by atoms with E-state index in [1.165, 1.54) is 12.1 Å². The predicted molar refractivity (Wildman–Crippen MR) is 127 cm³/mol. The smallest absolute Gasteiger partial charge is 0.293 e. The highest BCUT2D eigenvalue weighted by Crippen LogP contribution is 2.35. The standard InChI is InChI=1S/C25H17N3O5S/c26-14-19-8-1-2-9-20(19)15-27-24(29)23(34-25(27)30)13-18-7-3-4-11-22(18)33-16-17-6-5-10-21(12-17)28(31)32/h1-13H,15-16H2/b23-13+. The highest BCUT2D eigenvalue weighted by Gasteiger charge is 2.35. The first-order valence-electron chi connectivity index (χ1n) is 10.1. The molecule has 0 saturated carbocycles. The molecule has 0 aromatic heterocycles. The zero-order chi connectivity index (χ0) is 24.1. The number of rotatable bonds is 7. The van der Waals surface area contributed by atoms with Crippen molar-refractivity contribution in [3.05, 3.63) is 110 Å². The number of carbonyl (C=O) groups excluding carboxylic acids is 2. The van der Waals surface area contributed by atoms with Crippen LogP contribution in [0.2, 0.25) is 0 Å². The van der Waals surface area contributed by atoms with Crippen LogP contribution in [0.4, 0.5) is 10.5 Å². The summed E-state index contributed by atoms with van der Waals surface area (Å²) in [4.78, 5) is 37.3. The van der Waals surface area contributed by atoms with Crippen LogP contribution in [0.1, 0.15) is 22.3 Å². The van der Waals surface area contributed by atoms with E-state index in [9.17, 15) is 25.0 Å². The van der Waals surface area contributed by atoms with E-state index in [-0.39, 0.29) is 23.7 Å². The van der Waals surface area contributed by atoms with Gasteiger partial charge in [-0.25, -0.2) is 0 Å². The average Bonchev–Trinajstić information content (AvgIpc) is 3.11. The van der Waals surface area contributed by atoms with Gasteiger partial charge in [-0.1, -0.05) is 48.5 Å². The fraction of sp³-hybridized carbons (Fsp3) is 0.0800. The zero-order valence-corrected chi connectivity index (χ0v) is 18.5. The molecule has 34 heavy (non-hydrogen) atoms. The molecule has 0 atom stereocenters. The van der Waals surface area contributed by atoms with E-state index in [1.54, 1.807) is 66.7 Å². The Morgan fingerprint density at radius 2 is 1.82 bits per heavy atom. The lowest BCUT2D eigenvalue weighted by Gasteiger charge is -2.13. The van der Waals surface area contributed by atoms with Crippen LogP contribution in [0.5, 0.6) is 5.75 Å². The number of nitriles is 1. The molecule has 8 nitrogen and oxygen atoms in total. The van der Waals surface area contributed by atoms with Crippen LogP contribution < -0.4 is 4.74 Å². The van der Waals surface area contributed by atoms with Gasteiger partial charge in [-0.15, -0.1) is 0 Å². The van der Waals surface area contributed by atoms with Gasteiger partial charge in [0.1, 0.15) is 12.4 Å². The molecule has 1 fully saturated rings. The van der Waals surface area contributed by atoms with Gasteiger partial charge in [0.05, 0.1) is 28.0 Å². The Balaban J connectivity index is 1.53. The van der Waals surface area contributed by atoms with Gasteiger partial charge >= 0.3 is 0 Å². The lowest BCUT2D eigenvalue weighted by atomic mass is 10.1. The summed E-state index contributed by atoms with van der Waals surface area (Å²) < 4.78 is 5.86. The van der Waals surface area contributed by atoms with Crippen molar-refractivity contribution in [2.45, 2.75) is 13.2 Å². The van der Waals surface area contributed by atoms with Crippen molar-refractivity contribution in [3.8, 4) is 11.8 Å². The van der Waals surface area contributed by atoms with Gasteiger partial charge < -0.3 is 4.74 Å². The van der Waals surface area contributed by atoms with Gasteiger partial charge in [0.15, 0.2) is 0 Å². The van der Waals surface area contributed by atoms with Crippen molar-refractivity contribution in [1.29, 1.82) is 5.26 Å². The number of nitro groups is 1. The van der Waals surface area contributed by atoms with E-state index >= 15 is 0 Å². The molecule has 1 heterocycles. The molecule has 168 valence electrons. The monoisotopic (exact) mass is 471 g/mol. The van der Waals surface area contributed by atoms with Crippen LogP contribution in [0.3, 0.4) is 0 Å². The molecule has 4 rings (SSSR count). The van der Waals surface area contributed by atoms with E-state index in [4.69, 9.17) is 4.74 Å². The minimum Gasteiger partial charge on any atom is -0.488 e. The molecule has 0 spiro atoms. The van der Waals surface area contributed by atoms with E-state index in [1.807, 2.05) is 0 Å². The molecular formula is C25H17N3O5S. The van der Waals surface area contributed by atoms with Crippen LogP contribution in [-0.4, -0.2) is 21.0 Å². The minimum absolute atomic E-state index is 0.0106. The lowest BCUT2D eigenvalue weighted by molar-refractivity contribution is -0.384. The molecule has 9 heteroatoms. The second kappa shape index (κ2) is 10.0. The number of nitro benzene ring substituents is 1. The zero-order valence-electron chi connectivity index (χ0n) is 17.7. The number of amides is 2. The Labute approximate surface area is 199 Å². The molecule has 0 aliphatic carbocycles. The topological polar surface area (TPSA) is 114 Å². The van der Waals surface area contributed by atoms with Crippen molar-refractivity contribution in [2.75, 3.05) is 0 Å². The van der Waals surface area contributed by atoms with Crippen molar-refractivity contribution in [1.82, 2.24) is 4.90 Å². The number of hydrogen-bond acceptors (Lipinski definition) is 7. The Kier molecular flexibility index (Phi) is 6.71. The molecule has 0 N–H and O–H groups in total. The van der Waals surface area contributed by atoms with Crippen molar-refractivity contribution < 1.29 is 19.2 Å². The third-order valence-electron chi connectivity index (χ3n) is 5.06. The summed E-state index contributed by atoms with van der Waals surface area (Å²) in [6, 6.07) is 22.1. The number of para-hydroxylation sites is 1. The maximum Gasteiger partial charge on any atom is 0.293 e. The summed E-state index contributed by atoms with van der Waals surface area (Å²) >= 11 is 0.823. The van der Waals surface area contributed by atoms with Crippen LogP contribution >= 0.6 is 11.8 Å². The number of hydrogen-bond donors (Lipinski definition) is 0. The minimum atomic E-state index is -0.470. The van der Waals surface area contributed by atoms with E-state index in [2.05, 4.69) is 6.07 Å². The maximum absolute atomic E-state index is 12.9. The van der Waals surface area contributed by atoms with Crippen molar-refractivity contribution in [3.63, 3.8) is 0 Å². The summed E-state index contributed by atoms with van der Waals surface area (Å²) in [7, 11) is 0. The fourth-order valence-corrected chi connectivity index (χ4v) is 4.20. The number of nitrogens with zero attached hydrogens (tertiary/aromatic N) is 3. The maximum atomic E-state index is 12.9. The molecule has 2 amide bonds. The first kappa shape index (κ1) is 22.8. The highest BCUT2D eigenvalue weighted by molar-refractivity contribution is 8.18. The number of non-ortho nitro benzene ring substituents is 1. The molecule has 1 saturated heterocycles.